The first kappa shape index (κ1) is 6.11. The Morgan fingerprint density at radius 2 is 2.74 bits per heavy atom. The number of likely N-dealkylation sites (N-methyl/N-ethyl adjacent to an activating group) is 1. The molecule has 3 rings (SSSR count). The normalized spacial score (nSPS) is 39.8. The highest BCUT2D eigenvalue weighted by molar-refractivity contribution is 5.87. The monoisotopic (exact) mass is 325 g/mol. The van der Waals surface area contributed by atoms with Gasteiger partial charge in [-0.1, -0.05) is 6.85 Å². The van der Waals surface area contributed by atoms with E-state index in [0.29, 0.717) is 0 Å². The molecule has 1 fully saturated rings. The number of aromatic amines is 1. The number of aromatic nitrogens is 3. The van der Waals surface area contributed by atoms with E-state index in [9.17, 15) is 6.17 Å². The number of nitrogens with one attached hydrogen (secondary N) is 1. The molecule has 2 atom stereocenters. The summed E-state index contributed by atoms with van der Waals surface area (Å²) >= 11 is 0. The Balaban J connectivity index is 2.45. The molecule has 1 N–H and O–H groups in total. The third kappa shape index (κ3) is 2.84. The number of rotatable bonds is 3. The Kier molecular flexibility index (Phi) is 1.66. The zero-order valence-electron chi connectivity index (χ0n) is 24.7. The number of carbonyl (C=O) groups excluding carboxylic acids is 1. The predicted molar refractivity (Wildman–Crippen MR) is 87.9 cm³/mol. The van der Waals surface area contributed by atoms with Gasteiger partial charge >= 0.3 is 5.91 Å². The minimum atomic E-state index is -3.70. The minimum absolute atomic E-state index is 0.0396. The van der Waals surface area contributed by atoms with Gasteiger partial charge in [-0.15, -0.1) is 0 Å². The van der Waals surface area contributed by atoms with Crippen LogP contribution in [0.5, 0.6) is 0 Å². The maximum Gasteiger partial charge on any atom is 0.302 e. The second-order valence-corrected chi connectivity index (χ2v) is 4.59. The van der Waals surface area contributed by atoms with E-state index in [1.807, 2.05) is 0 Å². The van der Waals surface area contributed by atoms with Gasteiger partial charge in [0.05, 0.1) is 15.5 Å². The van der Waals surface area contributed by atoms with Crippen molar-refractivity contribution in [1.82, 2.24) is 19.9 Å². The highest BCUT2D eigenvalue weighted by Crippen LogP contribution is 2.28. The Morgan fingerprint density at radius 3 is 3.52 bits per heavy atom. The fourth-order valence-electron chi connectivity index (χ4n) is 2.13. The molecule has 0 aliphatic carbocycles. The molecular weight excluding hydrogens is 292 g/mol. The van der Waals surface area contributed by atoms with E-state index in [1.165, 1.54) is 12.3 Å². The van der Waals surface area contributed by atoms with Crippen molar-refractivity contribution in [3.8, 4) is 0 Å². The fraction of sp³-hybridized carbons (Fsp3) is 0.500. The Morgan fingerprint density at radius 1 is 1.83 bits per heavy atom. The lowest BCUT2D eigenvalue weighted by Gasteiger charge is -2.41. The smallest absolute Gasteiger partial charge is 0.302 e. The lowest BCUT2D eigenvalue weighted by atomic mass is 9.92. The molecule has 7 nitrogen and oxygen atoms in total. The van der Waals surface area contributed by atoms with Gasteiger partial charge in [0.15, 0.2) is 0 Å². The van der Waals surface area contributed by atoms with Crippen molar-refractivity contribution < 1.29 is 22.6 Å². The van der Waals surface area contributed by atoms with Gasteiger partial charge in [0.25, 0.3) is 6.50 Å². The first-order chi connectivity index (χ1) is 16.2. The van der Waals surface area contributed by atoms with Gasteiger partial charge in [-0.2, -0.15) is 0 Å². The second-order valence-electron chi connectivity index (χ2n) is 4.59. The van der Waals surface area contributed by atoms with Gasteiger partial charge in [0.1, 0.15) is 21.9 Å². The number of amides is 1. The summed E-state index contributed by atoms with van der Waals surface area (Å²) in [7, 11) is 0. The first-order valence-electron chi connectivity index (χ1n) is 13.0. The topological polar surface area (TPSA) is 69.5 Å². The SMILES string of the molecule is [2H]c1nc(N(C([2H])([2H])[2H])[C@@]2([2H])C([2H])([2H])N(C(=O)C([2H])([2H])[N+]#[C-])CC[C@@]2([2H])C([2H])([2H])[2H])c2cc[nH]c2n1. The van der Waals surface area contributed by atoms with Crippen LogP contribution in [0.25, 0.3) is 15.9 Å². The Bertz CT molecular complexity index is 1230. The van der Waals surface area contributed by atoms with Crippen LogP contribution in [0, 0.1) is 12.5 Å². The third-order valence-electron chi connectivity index (χ3n) is 3.23. The molecule has 0 bridgehead atoms. The summed E-state index contributed by atoms with van der Waals surface area (Å²) in [6, 6.07) is -2.46. The van der Waals surface area contributed by atoms with Gasteiger partial charge in [0.2, 0.25) is 0 Å². The molecule has 0 unspecified atom stereocenters. The van der Waals surface area contributed by atoms with Gasteiger partial charge < -0.3 is 19.6 Å². The van der Waals surface area contributed by atoms with Crippen molar-refractivity contribution in [2.75, 3.05) is 31.4 Å². The van der Waals surface area contributed by atoms with E-state index >= 15 is 0 Å². The average Bonchev–Trinajstić information content (AvgIpc) is 3.18. The van der Waals surface area contributed by atoms with Crippen molar-refractivity contribution in [1.29, 1.82) is 0 Å². The number of anilines is 1. The average molecular weight is 325 g/mol. The summed E-state index contributed by atoms with van der Waals surface area (Å²) in [6.45, 7) is -8.02. The zero-order valence-corrected chi connectivity index (χ0v) is 11.7. The molecule has 1 aliphatic heterocycles. The molecule has 120 valence electrons. The molecule has 0 aromatic carbocycles. The van der Waals surface area contributed by atoms with Crippen molar-refractivity contribution in [2.24, 2.45) is 5.89 Å². The number of nitrogens with zero attached hydrogens (tertiary/aromatic N) is 5. The molecule has 2 aromatic heterocycles. The van der Waals surface area contributed by atoms with E-state index < -0.39 is 69.7 Å². The Hall–Kier alpha value is -2.62. The maximum absolute atomic E-state index is 12.8. The molecule has 1 amide bonds. The number of hydrogen-bond donors (Lipinski definition) is 1. The predicted octanol–water partition coefficient (Wildman–Crippen LogP) is 1.55. The number of likely N-dealkylation sites (tertiary alicyclic amines) is 1. The van der Waals surface area contributed by atoms with Crippen LogP contribution in [0.15, 0.2) is 18.6 Å². The van der Waals surface area contributed by atoms with Crippen molar-refractivity contribution in [2.45, 2.75) is 19.3 Å². The molecule has 3 heterocycles. The second kappa shape index (κ2) is 6.24. The largest absolute Gasteiger partial charge is 0.354 e. The summed E-state index contributed by atoms with van der Waals surface area (Å²) < 4.78 is 107. The van der Waals surface area contributed by atoms with Crippen LogP contribution in [-0.4, -0.2) is 58.3 Å². The van der Waals surface area contributed by atoms with Gasteiger partial charge in [-0.05, 0) is 18.4 Å². The standard InChI is InChI=1S/C16H20N6O/c1-11-5-7-22(14(23)8-17-2)9-13(11)21(3)16-12-4-6-18-15(12)19-10-20-16/h4,6,10-11,13H,5,7-9H2,1,3H3,(H,18,19,20)/t11-,13+/m1/s1/i1D3,3D3,8D2,9D2,10D,11D,13D. The molecule has 23 heavy (non-hydrogen) atoms. The third-order valence-corrected chi connectivity index (χ3v) is 3.23. The summed E-state index contributed by atoms with van der Waals surface area (Å²) in [5.41, 5.74) is -0.0963. The highest BCUT2D eigenvalue weighted by Gasteiger charge is 2.33. The highest BCUT2D eigenvalue weighted by atomic mass is 16.2. The van der Waals surface area contributed by atoms with Crippen LogP contribution in [0.3, 0.4) is 0 Å². The van der Waals surface area contributed by atoms with E-state index in [4.69, 9.17) is 23.0 Å². The number of H-pyrrole nitrogens is 1. The van der Waals surface area contributed by atoms with E-state index in [0.717, 1.165) is 0 Å². The van der Waals surface area contributed by atoms with E-state index in [1.54, 1.807) is 0 Å². The fourth-order valence-corrected chi connectivity index (χ4v) is 2.13. The van der Waals surface area contributed by atoms with Crippen molar-refractivity contribution in [3.05, 3.63) is 30.0 Å². The molecule has 1 saturated heterocycles. The molecule has 0 radical (unpaired) electrons. The van der Waals surface area contributed by atoms with Gasteiger partial charge in [-0.25, -0.2) is 16.5 Å². The number of piperidine rings is 1. The zero-order chi connectivity index (χ0) is 27.7. The molecule has 1 aliphatic rings. The summed E-state index contributed by atoms with van der Waals surface area (Å²) in [5, 5.41) is -0.141. The quantitative estimate of drug-likeness (QED) is 0.869. The molecule has 7 heteroatoms. The first-order valence-corrected chi connectivity index (χ1v) is 6.49. The molecular formula is C16H20N6O. The van der Waals surface area contributed by atoms with Crippen molar-refractivity contribution in [3.63, 3.8) is 0 Å². The van der Waals surface area contributed by atoms with E-state index in [-0.39, 0.29) is 20.8 Å². The lowest BCUT2D eigenvalue weighted by Crippen LogP contribution is -2.53. The van der Waals surface area contributed by atoms with Crippen LogP contribution in [0.2, 0.25) is 0 Å². The summed E-state index contributed by atoms with van der Waals surface area (Å²) in [6.07, 6.45) is -0.464. The van der Waals surface area contributed by atoms with Gasteiger partial charge in [0, 0.05) is 35.8 Å². The summed E-state index contributed by atoms with van der Waals surface area (Å²) in [4.78, 5) is 25.5. The number of hydrogen-bond acceptors (Lipinski definition) is 4. The molecule has 0 saturated carbocycles. The molecule has 2 aromatic rings. The van der Waals surface area contributed by atoms with E-state index in [2.05, 4.69) is 19.8 Å². The van der Waals surface area contributed by atoms with Crippen LogP contribution in [-0.2, 0) is 4.79 Å². The number of fused-ring (bicyclic) bond motifs is 1. The van der Waals surface area contributed by atoms with Crippen LogP contribution in [0.1, 0.15) is 31.1 Å². The van der Waals surface area contributed by atoms with Crippen LogP contribution in [0.4, 0.5) is 5.82 Å². The van der Waals surface area contributed by atoms with Crippen LogP contribution >= 0.6 is 0 Å². The molecule has 0 spiro atoms. The maximum atomic E-state index is 12.8. The van der Waals surface area contributed by atoms with Crippen LogP contribution < -0.4 is 4.90 Å². The summed E-state index contributed by atoms with van der Waals surface area (Å²) in [5.74, 6) is -5.77. The Labute approximate surface area is 153 Å². The van der Waals surface area contributed by atoms with Gasteiger partial charge in [-0.3, -0.25) is 4.79 Å². The lowest BCUT2D eigenvalue weighted by molar-refractivity contribution is -0.130. The minimum Gasteiger partial charge on any atom is -0.354 e. The number of carbonyl (C=O) groups is 1. The van der Waals surface area contributed by atoms with Crippen molar-refractivity contribution >= 4 is 22.8 Å².